The van der Waals surface area contributed by atoms with Gasteiger partial charge in [0.2, 0.25) is 5.91 Å². The Morgan fingerprint density at radius 1 is 0.817 bits per heavy atom. The van der Waals surface area contributed by atoms with Crippen LogP contribution in [0.3, 0.4) is 0 Å². The van der Waals surface area contributed by atoms with Crippen LogP contribution >= 0.6 is 0 Å². The van der Waals surface area contributed by atoms with Gasteiger partial charge in [-0.25, -0.2) is 14.6 Å². The molecule has 13 heteroatoms. The number of aromatic nitrogens is 1. The number of carbonyl (C=O) groups is 5. The largest absolute Gasteiger partial charge is 0.507 e. The minimum absolute atomic E-state index is 0.00802. The van der Waals surface area contributed by atoms with Crippen molar-refractivity contribution in [1.82, 2.24) is 15.6 Å². The van der Waals surface area contributed by atoms with Gasteiger partial charge in [-0.05, 0) is 120 Å². The van der Waals surface area contributed by atoms with Crippen LogP contribution in [-0.2, 0) is 28.6 Å². The standard InChI is InChI=1S/C47H60N4O9/c1-31-24-26-48-41(28-31)51(45(57)60-47(5,6)7)27-13-17-42(54)50-38(16-11-12-25-49-44(56)59-46(2,3)4)40(53)29-34(30-43(55)58-8)32-18-20-33(21-19-32)35-22-23-39(52)37-15-10-9-14-36(35)37/h9-10,14-15,18-24,26,28,34,38,52H,11-13,16-17,25,27,29-30H2,1-8H3,(H,49,56)(H,50,54)/t34-,38-/m0/s1. The van der Waals surface area contributed by atoms with Gasteiger partial charge in [-0.15, -0.1) is 0 Å². The predicted molar refractivity (Wildman–Crippen MR) is 232 cm³/mol. The quantitative estimate of drug-likeness (QED) is 0.0500. The first-order valence-electron chi connectivity index (χ1n) is 20.4. The summed E-state index contributed by atoms with van der Waals surface area (Å²) in [5.41, 5.74) is 2.08. The average molecular weight is 825 g/mol. The second-order valence-electron chi connectivity index (χ2n) is 16.9. The van der Waals surface area contributed by atoms with E-state index in [2.05, 4.69) is 15.6 Å². The van der Waals surface area contributed by atoms with Crippen molar-refractivity contribution in [3.8, 4) is 16.9 Å². The van der Waals surface area contributed by atoms with Crippen LogP contribution in [0.1, 0.15) is 104 Å². The van der Waals surface area contributed by atoms with Crippen molar-refractivity contribution in [2.45, 2.75) is 117 Å². The molecule has 0 unspecified atom stereocenters. The van der Waals surface area contributed by atoms with Crippen LogP contribution in [0.5, 0.6) is 5.75 Å². The van der Waals surface area contributed by atoms with E-state index < -0.39 is 41.3 Å². The van der Waals surface area contributed by atoms with E-state index in [0.29, 0.717) is 25.2 Å². The highest BCUT2D eigenvalue weighted by Gasteiger charge is 2.28. The number of anilines is 1. The van der Waals surface area contributed by atoms with Crippen LogP contribution in [0.4, 0.5) is 15.4 Å². The number of fused-ring (bicyclic) bond motifs is 1. The fourth-order valence-electron chi connectivity index (χ4n) is 6.69. The first-order chi connectivity index (χ1) is 28.3. The molecule has 0 radical (unpaired) electrons. The molecule has 0 aliphatic rings. The first-order valence-corrected chi connectivity index (χ1v) is 20.4. The van der Waals surface area contributed by atoms with Gasteiger partial charge in [-0.2, -0.15) is 0 Å². The Bertz CT molecular complexity index is 2100. The fourth-order valence-corrected chi connectivity index (χ4v) is 6.69. The number of aryl methyl sites for hydroxylation is 1. The summed E-state index contributed by atoms with van der Waals surface area (Å²) < 4.78 is 16.0. The zero-order valence-corrected chi connectivity index (χ0v) is 36.1. The SMILES string of the molecule is COC(=O)C[C@H](CC(=O)[C@H](CCCCNC(=O)OC(C)(C)C)NC(=O)CCCN(C(=O)OC(C)(C)C)c1cc(C)ccn1)c1ccc(-c2ccc(O)c3ccccc23)cc1. The summed E-state index contributed by atoms with van der Waals surface area (Å²) >= 11 is 0. The number of Topliss-reactive ketones (excluding diaryl/α,β-unsaturated/α-hetero) is 1. The molecule has 13 nitrogen and oxygen atoms in total. The number of amides is 3. The Balaban J connectivity index is 1.50. The maximum Gasteiger partial charge on any atom is 0.416 e. The van der Waals surface area contributed by atoms with Gasteiger partial charge < -0.3 is 30.0 Å². The van der Waals surface area contributed by atoms with E-state index >= 15 is 0 Å². The van der Waals surface area contributed by atoms with Gasteiger partial charge in [-0.3, -0.25) is 19.3 Å². The summed E-state index contributed by atoms with van der Waals surface area (Å²) in [5.74, 6) is -1.08. The molecule has 0 bridgehead atoms. The molecular weight excluding hydrogens is 765 g/mol. The molecule has 3 N–H and O–H groups in total. The molecule has 0 spiro atoms. The lowest BCUT2D eigenvalue weighted by Crippen LogP contribution is -2.42. The average Bonchev–Trinajstić information content (AvgIpc) is 3.17. The van der Waals surface area contributed by atoms with E-state index in [4.69, 9.17) is 14.2 Å². The minimum atomic E-state index is -0.887. The number of phenols is 1. The van der Waals surface area contributed by atoms with Crippen LogP contribution < -0.4 is 15.5 Å². The zero-order valence-electron chi connectivity index (χ0n) is 36.1. The lowest BCUT2D eigenvalue weighted by atomic mass is 9.87. The number of esters is 1. The number of phenolic OH excluding ortho intramolecular Hbond substituents is 1. The van der Waals surface area contributed by atoms with Gasteiger partial charge in [0.15, 0.2) is 5.78 Å². The molecule has 2 atom stereocenters. The summed E-state index contributed by atoms with van der Waals surface area (Å²) in [6.45, 7) is 13.0. The third-order valence-corrected chi connectivity index (χ3v) is 9.57. The monoisotopic (exact) mass is 824 g/mol. The number of alkyl carbamates (subject to hydrolysis) is 1. The lowest BCUT2D eigenvalue weighted by molar-refractivity contribution is -0.141. The van der Waals surface area contributed by atoms with Crippen LogP contribution in [0.15, 0.2) is 79.0 Å². The first kappa shape index (κ1) is 46.7. The number of rotatable bonds is 18. The van der Waals surface area contributed by atoms with Gasteiger partial charge >= 0.3 is 18.2 Å². The van der Waals surface area contributed by atoms with Gasteiger partial charge in [0.1, 0.15) is 22.8 Å². The van der Waals surface area contributed by atoms with Gasteiger partial charge in [0, 0.05) is 43.4 Å². The molecule has 4 aromatic rings. The second-order valence-corrected chi connectivity index (χ2v) is 16.9. The topological polar surface area (TPSA) is 173 Å². The third-order valence-electron chi connectivity index (χ3n) is 9.57. The Morgan fingerprint density at radius 2 is 1.50 bits per heavy atom. The second kappa shape index (κ2) is 21.3. The highest BCUT2D eigenvalue weighted by molar-refractivity contribution is 6.00. The molecule has 0 fully saturated rings. The number of pyridine rings is 1. The van der Waals surface area contributed by atoms with Crippen LogP contribution in [0.25, 0.3) is 21.9 Å². The molecule has 4 rings (SSSR count). The van der Waals surface area contributed by atoms with Gasteiger partial charge in [0.05, 0.1) is 19.6 Å². The molecule has 3 amide bonds. The number of aromatic hydroxyl groups is 1. The van der Waals surface area contributed by atoms with Crippen molar-refractivity contribution in [1.29, 1.82) is 0 Å². The summed E-state index contributed by atoms with van der Waals surface area (Å²) in [5, 5.41) is 17.7. The highest BCUT2D eigenvalue weighted by atomic mass is 16.6. The Kier molecular flexibility index (Phi) is 16.6. The number of hydrogen-bond acceptors (Lipinski definition) is 10. The molecule has 322 valence electrons. The number of ether oxygens (including phenoxy) is 3. The Labute approximate surface area is 353 Å². The van der Waals surface area contributed by atoms with Crippen molar-refractivity contribution in [2.75, 3.05) is 25.1 Å². The molecule has 0 saturated heterocycles. The van der Waals surface area contributed by atoms with E-state index in [-0.39, 0.29) is 56.1 Å². The zero-order chi connectivity index (χ0) is 44.0. The van der Waals surface area contributed by atoms with E-state index in [9.17, 15) is 29.1 Å². The summed E-state index contributed by atoms with van der Waals surface area (Å²) in [6.07, 6.45) is 1.93. The van der Waals surface area contributed by atoms with Gasteiger partial charge in [-0.1, -0.05) is 54.6 Å². The summed E-state index contributed by atoms with van der Waals surface area (Å²) in [6, 6.07) is 21.4. The number of carbonyl (C=O) groups excluding carboxylic acids is 5. The lowest BCUT2D eigenvalue weighted by Gasteiger charge is -2.27. The maximum atomic E-state index is 14.2. The molecule has 1 heterocycles. The van der Waals surface area contributed by atoms with Crippen molar-refractivity contribution >= 4 is 46.4 Å². The van der Waals surface area contributed by atoms with Crippen molar-refractivity contribution in [3.05, 3.63) is 90.1 Å². The fraction of sp³-hybridized carbons (Fsp3) is 0.447. The molecule has 3 aromatic carbocycles. The number of benzene rings is 3. The van der Waals surface area contributed by atoms with Crippen molar-refractivity contribution in [2.24, 2.45) is 0 Å². The molecule has 1 aromatic heterocycles. The van der Waals surface area contributed by atoms with Crippen LogP contribution in [-0.4, -0.2) is 77.4 Å². The Morgan fingerprint density at radius 3 is 2.15 bits per heavy atom. The Hall–Kier alpha value is -5.98. The summed E-state index contributed by atoms with van der Waals surface area (Å²) in [4.78, 5) is 71.6. The van der Waals surface area contributed by atoms with Crippen molar-refractivity contribution in [3.63, 3.8) is 0 Å². The third kappa shape index (κ3) is 14.7. The van der Waals surface area contributed by atoms with Gasteiger partial charge in [0.25, 0.3) is 0 Å². The maximum absolute atomic E-state index is 14.2. The number of unbranched alkanes of at least 4 members (excludes halogenated alkanes) is 1. The molecule has 0 saturated carbocycles. The van der Waals surface area contributed by atoms with E-state index in [1.54, 1.807) is 59.9 Å². The number of nitrogens with zero attached hydrogens (tertiary/aromatic N) is 2. The number of methoxy groups -OCH3 is 1. The van der Waals surface area contributed by atoms with E-state index in [1.807, 2.05) is 67.6 Å². The molecule has 0 aliphatic heterocycles. The number of hydrogen-bond donors (Lipinski definition) is 3. The smallest absolute Gasteiger partial charge is 0.416 e. The van der Waals surface area contributed by atoms with Crippen molar-refractivity contribution < 1.29 is 43.3 Å². The van der Waals surface area contributed by atoms with E-state index in [0.717, 1.165) is 33.0 Å². The molecular formula is C47H60N4O9. The molecule has 0 aliphatic carbocycles. The minimum Gasteiger partial charge on any atom is -0.507 e. The molecule has 60 heavy (non-hydrogen) atoms. The highest BCUT2D eigenvalue weighted by Crippen LogP contribution is 2.35. The number of ketones is 1. The predicted octanol–water partition coefficient (Wildman–Crippen LogP) is 8.92. The van der Waals surface area contributed by atoms with Crippen LogP contribution in [0, 0.1) is 6.92 Å². The normalized spacial score (nSPS) is 12.5. The van der Waals surface area contributed by atoms with E-state index in [1.165, 1.54) is 12.0 Å². The van der Waals surface area contributed by atoms with Crippen LogP contribution in [0.2, 0.25) is 0 Å². The summed E-state index contributed by atoms with van der Waals surface area (Å²) in [7, 11) is 1.30. The number of nitrogens with one attached hydrogen (secondary N) is 2.